The van der Waals surface area contributed by atoms with E-state index in [-0.39, 0.29) is 11.6 Å². The van der Waals surface area contributed by atoms with Crippen LogP contribution in [0.25, 0.3) is 0 Å². The number of aromatic nitrogens is 2. The van der Waals surface area contributed by atoms with Crippen molar-refractivity contribution in [3.8, 4) is 5.75 Å². The molecule has 0 saturated carbocycles. The summed E-state index contributed by atoms with van der Waals surface area (Å²) < 4.78 is 5.15. The van der Waals surface area contributed by atoms with Crippen molar-refractivity contribution in [3.05, 3.63) is 76.4 Å². The van der Waals surface area contributed by atoms with Crippen LogP contribution in [0, 0.1) is 6.92 Å². The fourth-order valence-electron chi connectivity index (χ4n) is 2.63. The van der Waals surface area contributed by atoms with Gasteiger partial charge in [0.15, 0.2) is 5.69 Å². The van der Waals surface area contributed by atoms with Crippen LogP contribution in [0.1, 0.15) is 21.6 Å². The third-order valence-corrected chi connectivity index (χ3v) is 4.45. The lowest BCUT2D eigenvalue weighted by atomic mass is 10.1. The van der Waals surface area contributed by atoms with E-state index in [1.807, 2.05) is 31.2 Å². The van der Waals surface area contributed by atoms with Crippen LogP contribution in [-0.4, -0.2) is 29.8 Å². The Morgan fingerprint density at radius 1 is 1.07 bits per heavy atom. The van der Waals surface area contributed by atoms with E-state index >= 15 is 0 Å². The molecule has 0 radical (unpaired) electrons. The van der Waals surface area contributed by atoms with Gasteiger partial charge in [0.1, 0.15) is 11.6 Å². The Balaban J connectivity index is 1.53. The zero-order chi connectivity index (χ0) is 19.9. The molecule has 0 aliphatic carbocycles. The summed E-state index contributed by atoms with van der Waals surface area (Å²) >= 11 is 5.93. The van der Waals surface area contributed by atoms with Crippen molar-refractivity contribution < 1.29 is 9.53 Å². The topological polar surface area (TPSA) is 76.1 Å². The summed E-state index contributed by atoms with van der Waals surface area (Å²) in [6, 6.07) is 16.6. The monoisotopic (exact) mass is 396 g/mol. The number of carbonyl (C=O) groups is 1. The smallest absolute Gasteiger partial charge is 0.276 e. The summed E-state index contributed by atoms with van der Waals surface area (Å²) in [4.78, 5) is 12.3. The van der Waals surface area contributed by atoms with E-state index in [9.17, 15) is 4.79 Å². The number of nitrogens with one attached hydrogen (secondary N) is 2. The number of aryl methyl sites for hydroxylation is 1. The third-order valence-electron chi connectivity index (χ3n) is 4.21. The predicted molar refractivity (Wildman–Crippen MR) is 111 cm³/mol. The van der Waals surface area contributed by atoms with Gasteiger partial charge in [-0.05, 0) is 66.9 Å². The maximum Gasteiger partial charge on any atom is 0.276 e. The Labute approximate surface area is 168 Å². The Kier molecular flexibility index (Phi) is 6.45. The summed E-state index contributed by atoms with van der Waals surface area (Å²) in [5.74, 6) is 1.14. The lowest BCUT2D eigenvalue weighted by molar-refractivity contribution is 0.102. The minimum Gasteiger partial charge on any atom is -0.497 e. The zero-order valence-electron chi connectivity index (χ0n) is 15.7. The van der Waals surface area contributed by atoms with E-state index in [2.05, 4.69) is 20.8 Å². The molecule has 1 heterocycles. The van der Waals surface area contributed by atoms with E-state index in [1.54, 1.807) is 37.4 Å². The van der Waals surface area contributed by atoms with E-state index in [0.29, 0.717) is 23.1 Å². The molecule has 0 unspecified atom stereocenters. The lowest BCUT2D eigenvalue weighted by Crippen LogP contribution is -2.16. The second-order valence-electron chi connectivity index (χ2n) is 6.24. The van der Waals surface area contributed by atoms with Crippen molar-refractivity contribution in [2.75, 3.05) is 24.3 Å². The van der Waals surface area contributed by atoms with Crippen LogP contribution in [0.2, 0.25) is 5.02 Å². The Hall–Kier alpha value is -3.12. The standard InChI is InChI=1S/C21H21ClN4O2/c1-14-13-16(22)5-8-18(14)24-21(27)19-9-10-20(26-25-19)23-12-11-15-3-6-17(28-2)7-4-15/h3-10,13H,11-12H2,1-2H3,(H,23,26)(H,24,27). The van der Waals surface area contributed by atoms with Gasteiger partial charge in [-0.25, -0.2) is 0 Å². The van der Waals surface area contributed by atoms with Gasteiger partial charge in [-0.1, -0.05) is 23.7 Å². The highest BCUT2D eigenvalue weighted by molar-refractivity contribution is 6.30. The molecule has 3 aromatic rings. The van der Waals surface area contributed by atoms with Crippen molar-refractivity contribution in [1.29, 1.82) is 0 Å². The van der Waals surface area contributed by atoms with Gasteiger partial charge in [0.25, 0.3) is 5.91 Å². The molecule has 0 saturated heterocycles. The molecule has 28 heavy (non-hydrogen) atoms. The number of nitrogens with zero attached hydrogens (tertiary/aromatic N) is 2. The molecule has 0 aliphatic heterocycles. The molecule has 0 fully saturated rings. The van der Waals surface area contributed by atoms with Gasteiger partial charge < -0.3 is 15.4 Å². The molecule has 7 heteroatoms. The van der Waals surface area contributed by atoms with Crippen LogP contribution in [0.15, 0.2) is 54.6 Å². The van der Waals surface area contributed by atoms with Crippen molar-refractivity contribution >= 4 is 29.0 Å². The van der Waals surface area contributed by atoms with Gasteiger partial charge in [0.2, 0.25) is 0 Å². The normalized spacial score (nSPS) is 10.4. The first-order valence-corrected chi connectivity index (χ1v) is 9.21. The third kappa shape index (κ3) is 5.20. The van der Waals surface area contributed by atoms with Crippen molar-refractivity contribution in [1.82, 2.24) is 10.2 Å². The highest BCUT2D eigenvalue weighted by atomic mass is 35.5. The maximum absolute atomic E-state index is 12.3. The molecule has 2 N–H and O–H groups in total. The number of anilines is 2. The first-order valence-electron chi connectivity index (χ1n) is 8.83. The largest absolute Gasteiger partial charge is 0.497 e. The maximum atomic E-state index is 12.3. The van der Waals surface area contributed by atoms with Gasteiger partial charge in [-0.2, -0.15) is 0 Å². The van der Waals surface area contributed by atoms with Gasteiger partial charge in [0.05, 0.1) is 7.11 Å². The summed E-state index contributed by atoms with van der Waals surface area (Å²) in [5.41, 5.74) is 3.01. The van der Waals surface area contributed by atoms with E-state index < -0.39 is 0 Å². The predicted octanol–water partition coefficient (Wildman–Crippen LogP) is 4.35. The number of ether oxygens (including phenoxy) is 1. The molecule has 0 aliphatic rings. The van der Waals surface area contributed by atoms with Crippen LogP contribution >= 0.6 is 11.6 Å². The zero-order valence-corrected chi connectivity index (χ0v) is 16.5. The van der Waals surface area contributed by atoms with E-state index in [1.165, 1.54) is 5.56 Å². The number of methoxy groups -OCH3 is 1. The number of halogens is 1. The van der Waals surface area contributed by atoms with Gasteiger partial charge >= 0.3 is 0 Å². The van der Waals surface area contributed by atoms with Crippen LogP contribution in [0.4, 0.5) is 11.5 Å². The fourth-order valence-corrected chi connectivity index (χ4v) is 2.86. The molecule has 1 amide bonds. The number of hydrogen-bond donors (Lipinski definition) is 2. The average Bonchev–Trinajstić information content (AvgIpc) is 2.71. The summed E-state index contributed by atoms with van der Waals surface area (Å²) in [7, 11) is 1.65. The van der Waals surface area contributed by atoms with Gasteiger partial charge in [-0.15, -0.1) is 10.2 Å². The molecule has 3 rings (SSSR count). The van der Waals surface area contributed by atoms with Crippen LogP contribution in [-0.2, 0) is 6.42 Å². The molecule has 6 nitrogen and oxygen atoms in total. The van der Waals surface area contributed by atoms with Crippen LogP contribution in [0.3, 0.4) is 0 Å². The molecule has 2 aromatic carbocycles. The Morgan fingerprint density at radius 2 is 1.86 bits per heavy atom. The first-order chi connectivity index (χ1) is 13.5. The quantitative estimate of drug-likeness (QED) is 0.620. The molecule has 0 bridgehead atoms. The Morgan fingerprint density at radius 3 is 2.50 bits per heavy atom. The highest BCUT2D eigenvalue weighted by Gasteiger charge is 2.10. The number of rotatable bonds is 7. The second kappa shape index (κ2) is 9.19. The van der Waals surface area contributed by atoms with Crippen LogP contribution < -0.4 is 15.4 Å². The number of benzene rings is 2. The fraction of sp³-hybridized carbons (Fsp3) is 0.190. The molecule has 0 atom stereocenters. The molecule has 1 aromatic heterocycles. The number of carbonyl (C=O) groups excluding carboxylic acids is 1. The number of amides is 1. The molecular formula is C21H21ClN4O2. The van der Waals surface area contributed by atoms with E-state index in [4.69, 9.17) is 16.3 Å². The lowest BCUT2D eigenvalue weighted by Gasteiger charge is -2.09. The van der Waals surface area contributed by atoms with E-state index in [0.717, 1.165) is 17.7 Å². The minimum atomic E-state index is -0.317. The van der Waals surface area contributed by atoms with Crippen molar-refractivity contribution in [3.63, 3.8) is 0 Å². The minimum absolute atomic E-state index is 0.245. The van der Waals surface area contributed by atoms with Crippen molar-refractivity contribution in [2.45, 2.75) is 13.3 Å². The first kappa shape index (κ1) is 19.6. The molecular weight excluding hydrogens is 376 g/mol. The second-order valence-corrected chi connectivity index (χ2v) is 6.68. The van der Waals surface area contributed by atoms with Gasteiger partial charge in [-0.3, -0.25) is 4.79 Å². The van der Waals surface area contributed by atoms with Gasteiger partial charge in [0, 0.05) is 17.3 Å². The highest BCUT2D eigenvalue weighted by Crippen LogP contribution is 2.20. The average molecular weight is 397 g/mol. The summed E-state index contributed by atoms with van der Waals surface area (Å²) in [6.07, 6.45) is 0.837. The summed E-state index contributed by atoms with van der Waals surface area (Å²) in [5, 5.41) is 14.7. The van der Waals surface area contributed by atoms with Crippen LogP contribution in [0.5, 0.6) is 5.75 Å². The van der Waals surface area contributed by atoms with Crippen molar-refractivity contribution in [2.24, 2.45) is 0 Å². The Bertz CT molecular complexity index is 944. The molecule has 144 valence electrons. The SMILES string of the molecule is COc1ccc(CCNc2ccc(C(=O)Nc3ccc(Cl)cc3C)nn2)cc1. The summed E-state index contributed by atoms with van der Waals surface area (Å²) in [6.45, 7) is 2.58. The number of hydrogen-bond acceptors (Lipinski definition) is 5. The molecule has 0 spiro atoms.